The summed E-state index contributed by atoms with van der Waals surface area (Å²) < 4.78 is 26.7. The topological polar surface area (TPSA) is 61.2 Å². The van der Waals surface area contributed by atoms with E-state index in [0.29, 0.717) is 36.2 Å². The van der Waals surface area contributed by atoms with Gasteiger partial charge in [0.15, 0.2) is 0 Å². The predicted octanol–water partition coefficient (Wildman–Crippen LogP) is 2.42. The van der Waals surface area contributed by atoms with Crippen LogP contribution in [0.25, 0.3) is 0 Å². The molecular weight excluding hydrogens is 272 g/mol. The Balaban J connectivity index is 2.20. The molecule has 2 unspecified atom stereocenters. The van der Waals surface area contributed by atoms with E-state index in [4.69, 9.17) is 5.26 Å². The summed E-state index contributed by atoms with van der Waals surface area (Å²) in [7, 11) is -3.40. The Morgan fingerprint density at radius 2 is 1.90 bits per heavy atom. The Kier molecular flexibility index (Phi) is 4.46. The number of piperidine rings is 1. The van der Waals surface area contributed by atoms with Crippen LogP contribution in [-0.2, 0) is 16.4 Å². The van der Waals surface area contributed by atoms with Crippen molar-refractivity contribution in [3.63, 3.8) is 0 Å². The lowest BCUT2D eigenvalue weighted by molar-refractivity contribution is 0.212. The molecule has 5 heteroatoms. The minimum atomic E-state index is -3.40. The molecule has 2 atom stereocenters. The van der Waals surface area contributed by atoms with Gasteiger partial charge in [0.05, 0.1) is 17.4 Å². The molecule has 108 valence electrons. The van der Waals surface area contributed by atoms with Crippen molar-refractivity contribution >= 4 is 10.0 Å². The standard InChI is InChI=1S/C15H20N2O2S/c1-12-8-10-17(11-13(12)2)20(18,19)15-5-3-14(4-6-15)7-9-16/h3-6,12-13H,7-8,10-11H2,1-2H3. The molecule has 0 bridgehead atoms. The lowest BCUT2D eigenvalue weighted by Gasteiger charge is -2.34. The van der Waals surface area contributed by atoms with Crippen LogP contribution in [0.1, 0.15) is 25.8 Å². The Bertz CT molecular complexity index is 602. The number of sulfonamides is 1. The zero-order valence-electron chi connectivity index (χ0n) is 11.9. The average Bonchev–Trinajstić information content (AvgIpc) is 2.43. The summed E-state index contributed by atoms with van der Waals surface area (Å²) in [5, 5.41) is 8.63. The van der Waals surface area contributed by atoms with Crippen LogP contribution in [0, 0.1) is 23.2 Å². The van der Waals surface area contributed by atoms with E-state index >= 15 is 0 Å². The number of hydrogen-bond donors (Lipinski definition) is 0. The first-order chi connectivity index (χ1) is 9.45. The maximum Gasteiger partial charge on any atom is 0.243 e. The van der Waals surface area contributed by atoms with Crippen molar-refractivity contribution in [1.82, 2.24) is 4.31 Å². The Morgan fingerprint density at radius 1 is 1.25 bits per heavy atom. The molecule has 0 N–H and O–H groups in total. The second-order valence-electron chi connectivity index (χ2n) is 5.59. The smallest absolute Gasteiger partial charge is 0.207 e. The van der Waals surface area contributed by atoms with E-state index in [0.717, 1.165) is 12.0 Å². The fourth-order valence-corrected chi connectivity index (χ4v) is 4.02. The molecule has 1 aliphatic rings. The second kappa shape index (κ2) is 5.94. The van der Waals surface area contributed by atoms with Gasteiger partial charge in [0, 0.05) is 13.1 Å². The molecule has 2 rings (SSSR count). The summed E-state index contributed by atoms with van der Waals surface area (Å²) in [5.41, 5.74) is 0.840. The van der Waals surface area contributed by atoms with Crippen molar-refractivity contribution < 1.29 is 8.42 Å². The molecule has 0 aliphatic carbocycles. The van der Waals surface area contributed by atoms with Crippen LogP contribution in [-0.4, -0.2) is 25.8 Å². The van der Waals surface area contributed by atoms with Crippen LogP contribution in [0.4, 0.5) is 0 Å². The first-order valence-electron chi connectivity index (χ1n) is 6.91. The van der Waals surface area contributed by atoms with E-state index in [9.17, 15) is 8.42 Å². The van der Waals surface area contributed by atoms with Crippen LogP contribution in [0.5, 0.6) is 0 Å². The first kappa shape index (κ1) is 15.0. The highest BCUT2D eigenvalue weighted by atomic mass is 32.2. The first-order valence-corrected chi connectivity index (χ1v) is 8.35. The van der Waals surface area contributed by atoms with Gasteiger partial charge in [0.2, 0.25) is 10.0 Å². The third-order valence-corrected chi connectivity index (χ3v) is 6.02. The summed E-state index contributed by atoms with van der Waals surface area (Å²) >= 11 is 0. The van der Waals surface area contributed by atoms with E-state index in [1.807, 2.05) is 0 Å². The molecule has 0 radical (unpaired) electrons. The van der Waals surface area contributed by atoms with Crippen LogP contribution in [0.15, 0.2) is 29.2 Å². The zero-order valence-corrected chi connectivity index (χ0v) is 12.7. The van der Waals surface area contributed by atoms with Crippen molar-refractivity contribution in [2.24, 2.45) is 11.8 Å². The van der Waals surface area contributed by atoms with Crippen LogP contribution < -0.4 is 0 Å². The maximum atomic E-state index is 12.6. The van der Waals surface area contributed by atoms with Gasteiger partial charge < -0.3 is 0 Å². The normalized spacial score (nSPS) is 24.2. The van der Waals surface area contributed by atoms with Crippen molar-refractivity contribution in [3.05, 3.63) is 29.8 Å². The average molecular weight is 292 g/mol. The molecule has 1 aromatic carbocycles. The highest BCUT2D eigenvalue weighted by Gasteiger charge is 2.31. The van der Waals surface area contributed by atoms with Crippen molar-refractivity contribution in [1.29, 1.82) is 5.26 Å². The van der Waals surface area contributed by atoms with E-state index in [2.05, 4.69) is 19.9 Å². The summed E-state index contributed by atoms with van der Waals surface area (Å²) in [4.78, 5) is 0.320. The van der Waals surface area contributed by atoms with Crippen molar-refractivity contribution in [2.75, 3.05) is 13.1 Å². The van der Waals surface area contributed by atoms with Gasteiger partial charge >= 0.3 is 0 Å². The molecule has 20 heavy (non-hydrogen) atoms. The molecule has 0 aromatic heterocycles. The molecule has 4 nitrogen and oxygen atoms in total. The molecule has 0 spiro atoms. The van der Waals surface area contributed by atoms with Gasteiger partial charge in [0.25, 0.3) is 0 Å². The Hall–Kier alpha value is -1.38. The van der Waals surface area contributed by atoms with Crippen LogP contribution in [0.3, 0.4) is 0 Å². The minimum Gasteiger partial charge on any atom is -0.207 e. The fourth-order valence-electron chi connectivity index (χ4n) is 2.46. The molecule has 1 saturated heterocycles. The second-order valence-corrected chi connectivity index (χ2v) is 7.52. The number of hydrogen-bond acceptors (Lipinski definition) is 3. The summed E-state index contributed by atoms with van der Waals surface area (Å²) in [6.45, 7) is 5.45. The molecule has 1 aliphatic heterocycles. The highest BCUT2D eigenvalue weighted by Crippen LogP contribution is 2.27. The van der Waals surface area contributed by atoms with Gasteiger partial charge in [-0.2, -0.15) is 9.57 Å². The maximum absolute atomic E-state index is 12.6. The molecule has 0 amide bonds. The monoisotopic (exact) mass is 292 g/mol. The number of nitrogens with zero attached hydrogens (tertiary/aromatic N) is 2. The van der Waals surface area contributed by atoms with Crippen molar-refractivity contribution in [2.45, 2.75) is 31.6 Å². The summed E-state index contributed by atoms with van der Waals surface area (Å²) in [5.74, 6) is 0.954. The number of nitriles is 1. The fraction of sp³-hybridized carbons (Fsp3) is 0.533. The molecule has 1 heterocycles. The summed E-state index contributed by atoms with van der Waals surface area (Å²) in [6.07, 6.45) is 1.21. The highest BCUT2D eigenvalue weighted by molar-refractivity contribution is 7.89. The van der Waals surface area contributed by atoms with E-state index < -0.39 is 10.0 Å². The Labute approximate surface area is 121 Å². The van der Waals surface area contributed by atoms with Gasteiger partial charge in [-0.25, -0.2) is 8.42 Å². The minimum absolute atomic E-state index is 0.304. The predicted molar refractivity (Wildman–Crippen MR) is 77.5 cm³/mol. The van der Waals surface area contributed by atoms with Crippen molar-refractivity contribution in [3.8, 4) is 6.07 Å². The lowest BCUT2D eigenvalue weighted by atomic mass is 9.90. The SMILES string of the molecule is CC1CCN(S(=O)(=O)c2ccc(CC#N)cc2)CC1C. The van der Waals surface area contributed by atoms with Gasteiger partial charge in [-0.3, -0.25) is 0 Å². The third-order valence-electron chi connectivity index (χ3n) is 4.14. The van der Waals surface area contributed by atoms with Crippen LogP contribution in [0.2, 0.25) is 0 Å². The molecule has 0 saturated carbocycles. The summed E-state index contributed by atoms with van der Waals surface area (Å²) in [6, 6.07) is 8.69. The number of benzene rings is 1. The van der Waals surface area contributed by atoms with E-state index in [1.165, 1.54) is 0 Å². The Morgan fingerprint density at radius 3 is 2.45 bits per heavy atom. The largest absolute Gasteiger partial charge is 0.243 e. The molecule has 1 aromatic rings. The van der Waals surface area contributed by atoms with Gasteiger partial charge in [0.1, 0.15) is 0 Å². The third kappa shape index (κ3) is 3.02. The molecular formula is C15H20N2O2S. The molecule has 1 fully saturated rings. The van der Waals surface area contributed by atoms with Crippen LogP contribution >= 0.6 is 0 Å². The van der Waals surface area contributed by atoms with Gasteiger partial charge in [-0.1, -0.05) is 26.0 Å². The van der Waals surface area contributed by atoms with Gasteiger partial charge in [-0.05, 0) is 36.0 Å². The zero-order chi connectivity index (χ0) is 14.8. The lowest BCUT2D eigenvalue weighted by Crippen LogP contribution is -2.42. The number of rotatable bonds is 3. The van der Waals surface area contributed by atoms with Gasteiger partial charge in [-0.15, -0.1) is 0 Å². The van der Waals surface area contributed by atoms with E-state index in [1.54, 1.807) is 28.6 Å². The van der Waals surface area contributed by atoms with E-state index in [-0.39, 0.29) is 0 Å². The quantitative estimate of drug-likeness (QED) is 0.859.